The van der Waals surface area contributed by atoms with E-state index in [1.807, 2.05) is 6.07 Å². The third-order valence-corrected chi connectivity index (χ3v) is 3.55. The van der Waals surface area contributed by atoms with Gasteiger partial charge in [0.05, 0.1) is 7.11 Å². The molecule has 0 bridgehead atoms. The molecule has 0 aromatic carbocycles. The van der Waals surface area contributed by atoms with Crippen molar-refractivity contribution in [1.29, 1.82) is 0 Å². The van der Waals surface area contributed by atoms with E-state index in [4.69, 9.17) is 10.5 Å². The maximum absolute atomic E-state index is 6.07. The molecular formula is C9H14N2OS. The molecule has 13 heavy (non-hydrogen) atoms. The van der Waals surface area contributed by atoms with Gasteiger partial charge in [0.1, 0.15) is 0 Å². The van der Waals surface area contributed by atoms with Crippen LogP contribution in [0.3, 0.4) is 0 Å². The van der Waals surface area contributed by atoms with Crippen LogP contribution in [0, 0.1) is 11.8 Å². The van der Waals surface area contributed by atoms with Crippen LogP contribution in [0.2, 0.25) is 0 Å². The van der Waals surface area contributed by atoms with Crippen molar-refractivity contribution in [2.24, 2.45) is 17.6 Å². The van der Waals surface area contributed by atoms with E-state index in [2.05, 4.69) is 11.3 Å². The zero-order valence-electron chi connectivity index (χ0n) is 7.86. The summed E-state index contributed by atoms with van der Waals surface area (Å²) in [5.74, 6) is 2.12. The van der Waals surface area contributed by atoms with Gasteiger partial charge >= 0.3 is 0 Å². The van der Waals surface area contributed by atoms with E-state index in [1.54, 1.807) is 7.11 Å². The van der Waals surface area contributed by atoms with E-state index < -0.39 is 0 Å². The highest BCUT2D eigenvalue weighted by Crippen LogP contribution is 2.46. The van der Waals surface area contributed by atoms with Crippen LogP contribution in [0.5, 0.6) is 5.88 Å². The number of ether oxygens (including phenoxy) is 1. The van der Waals surface area contributed by atoms with Gasteiger partial charge < -0.3 is 10.5 Å². The summed E-state index contributed by atoms with van der Waals surface area (Å²) in [6.07, 6.45) is 1.25. The van der Waals surface area contributed by atoms with Gasteiger partial charge in [-0.1, -0.05) is 6.92 Å². The lowest BCUT2D eigenvalue weighted by atomic mass is 10.1. The number of methoxy groups -OCH3 is 1. The van der Waals surface area contributed by atoms with E-state index >= 15 is 0 Å². The minimum Gasteiger partial charge on any atom is -0.480 e. The first kappa shape index (κ1) is 8.97. The molecule has 0 radical (unpaired) electrons. The zero-order valence-corrected chi connectivity index (χ0v) is 8.67. The summed E-state index contributed by atoms with van der Waals surface area (Å²) < 4.78 is 9.15. The molecule has 2 N–H and O–H groups in total. The Hall–Kier alpha value is -0.610. The first-order chi connectivity index (χ1) is 6.22. The van der Waals surface area contributed by atoms with Crippen molar-refractivity contribution in [3.63, 3.8) is 0 Å². The van der Waals surface area contributed by atoms with Crippen molar-refractivity contribution < 1.29 is 4.74 Å². The van der Waals surface area contributed by atoms with Gasteiger partial charge in [-0.2, -0.15) is 4.37 Å². The number of nitrogens with two attached hydrogens (primary N) is 1. The lowest BCUT2D eigenvalue weighted by molar-refractivity contribution is 0.402. The van der Waals surface area contributed by atoms with Crippen LogP contribution in [-0.2, 0) is 0 Å². The lowest BCUT2D eigenvalue weighted by Gasteiger charge is -2.05. The molecule has 0 saturated heterocycles. The van der Waals surface area contributed by atoms with Crippen LogP contribution in [0.25, 0.3) is 0 Å². The number of hydrogen-bond donors (Lipinski definition) is 1. The van der Waals surface area contributed by atoms with Gasteiger partial charge in [0, 0.05) is 17.0 Å². The summed E-state index contributed by atoms with van der Waals surface area (Å²) >= 11 is 1.45. The summed E-state index contributed by atoms with van der Waals surface area (Å²) in [5.41, 5.74) is 6.07. The highest BCUT2D eigenvalue weighted by Gasteiger charge is 2.39. The van der Waals surface area contributed by atoms with Crippen LogP contribution < -0.4 is 10.5 Å². The first-order valence-electron chi connectivity index (χ1n) is 4.48. The van der Waals surface area contributed by atoms with E-state index in [0.717, 1.165) is 10.8 Å². The number of hydrogen-bond acceptors (Lipinski definition) is 4. The van der Waals surface area contributed by atoms with E-state index in [1.165, 1.54) is 18.0 Å². The molecule has 72 valence electrons. The van der Waals surface area contributed by atoms with Crippen LogP contribution >= 0.6 is 11.5 Å². The molecule has 1 fully saturated rings. The molecule has 1 heterocycles. The van der Waals surface area contributed by atoms with Gasteiger partial charge in [-0.25, -0.2) is 0 Å². The number of nitrogens with zero attached hydrogens (tertiary/aromatic N) is 1. The van der Waals surface area contributed by atoms with Gasteiger partial charge in [0.15, 0.2) is 0 Å². The average Bonchev–Trinajstić information content (AvgIpc) is 2.70. The number of rotatable bonds is 3. The molecule has 3 atom stereocenters. The van der Waals surface area contributed by atoms with Crippen LogP contribution in [0.4, 0.5) is 0 Å². The van der Waals surface area contributed by atoms with Gasteiger partial charge in [0.25, 0.3) is 0 Å². The molecule has 0 spiro atoms. The Labute approximate surface area is 82.1 Å². The van der Waals surface area contributed by atoms with Gasteiger partial charge in [-0.15, -0.1) is 0 Å². The van der Waals surface area contributed by atoms with Crippen LogP contribution in [0.1, 0.15) is 24.3 Å². The smallest absolute Gasteiger partial charge is 0.225 e. The highest BCUT2D eigenvalue weighted by molar-refractivity contribution is 7.06. The molecule has 1 aromatic heterocycles. The second-order valence-electron chi connectivity index (χ2n) is 3.67. The minimum absolute atomic E-state index is 0.163. The molecule has 0 amide bonds. The normalized spacial score (nSPS) is 28.5. The average molecular weight is 198 g/mol. The Kier molecular flexibility index (Phi) is 2.26. The molecule has 2 rings (SSSR count). The van der Waals surface area contributed by atoms with Crippen molar-refractivity contribution in [3.8, 4) is 5.88 Å². The van der Waals surface area contributed by atoms with E-state index in [0.29, 0.717) is 11.8 Å². The molecule has 1 aromatic rings. The summed E-state index contributed by atoms with van der Waals surface area (Å²) in [6, 6.07) is 2.11. The number of aromatic nitrogens is 1. The fourth-order valence-corrected chi connectivity index (χ4v) is 2.36. The van der Waals surface area contributed by atoms with Crippen molar-refractivity contribution in [2.75, 3.05) is 7.11 Å². The Morgan fingerprint density at radius 2 is 2.46 bits per heavy atom. The van der Waals surface area contributed by atoms with E-state index in [9.17, 15) is 0 Å². The summed E-state index contributed by atoms with van der Waals surface area (Å²) in [5, 5.41) is 0. The molecule has 1 aliphatic carbocycles. The van der Waals surface area contributed by atoms with Crippen LogP contribution in [0.15, 0.2) is 6.07 Å². The monoisotopic (exact) mass is 198 g/mol. The Bertz CT molecular complexity index is 300. The Balaban J connectivity index is 2.07. The third-order valence-electron chi connectivity index (χ3n) is 2.68. The van der Waals surface area contributed by atoms with Crippen molar-refractivity contribution in [2.45, 2.75) is 19.4 Å². The van der Waals surface area contributed by atoms with Crippen molar-refractivity contribution in [1.82, 2.24) is 4.37 Å². The summed E-state index contributed by atoms with van der Waals surface area (Å²) in [4.78, 5) is 1.14. The zero-order chi connectivity index (χ0) is 9.42. The second kappa shape index (κ2) is 3.27. The second-order valence-corrected chi connectivity index (χ2v) is 4.51. The summed E-state index contributed by atoms with van der Waals surface area (Å²) in [7, 11) is 1.63. The minimum atomic E-state index is 0.163. The Morgan fingerprint density at radius 3 is 2.92 bits per heavy atom. The molecule has 3 unspecified atom stereocenters. The lowest BCUT2D eigenvalue weighted by Crippen LogP contribution is -2.11. The van der Waals surface area contributed by atoms with Crippen molar-refractivity contribution >= 4 is 11.5 Å². The predicted octanol–water partition coefficient (Wildman–Crippen LogP) is 1.81. The SMILES string of the molecule is COc1cc(C(N)C2CC2C)sn1. The van der Waals surface area contributed by atoms with Gasteiger partial charge in [-0.3, -0.25) is 0 Å². The fraction of sp³-hybridized carbons (Fsp3) is 0.667. The Morgan fingerprint density at radius 1 is 1.77 bits per heavy atom. The molecule has 4 heteroatoms. The maximum atomic E-state index is 6.07. The molecule has 3 nitrogen and oxygen atoms in total. The summed E-state index contributed by atoms with van der Waals surface area (Å²) in [6.45, 7) is 2.24. The predicted molar refractivity (Wildman–Crippen MR) is 52.9 cm³/mol. The van der Waals surface area contributed by atoms with Gasteiger partial charge in [-0.05, 0) is 29.8 Å². The molecule has 0 aliphatic heterocycles. The standard InChI is InChI=1S/C9H14N2OS/c1-5-3-6(5)9(10)7-4-8(12-2)11-13-7/h4-6,9H,3,10H2,1-2H3. The van der Waals surface area contributed by atoms with Crippen LogP contribution in [-0.4, -0.2) is 11.5 Å². The topological polar surface area (TPSA) is 48.1 Å². The largest absolute Gasteiger partial charge is 0.480 e. The third kappa shape index (κ3) is 1.69. The molecule has 1 aliphatic rings. The quantitative estimate of drug-likeness (QED) is 0.805. The van der Waals surface area contributed by atoms with Crippen molar-refractivity contribution in [3.05, 3.63) is 10.9 Å². The maximum Gasteiger partial charge on any atom is 0.225 e. The fourth-order valence-electron chi connectivity index (χ4n) is 1.59. The van der Waals surface area contributed by atoms with Gasteiger partial charge in [0.2, 0.25) is 5.88 Å². The molecule has 1 saturated carbocycles. The first-order valence-corrected chi connectivity index (χ1v) is 5.26. The highest BCUT2D eigenvalue weighted by atomic mass is 32.1. The molecular weight excluding hydrogens is 184 g/mol. The van der Waals surface area contributed by atoms with E-state index in [-0.39, 0.29) is 6.04 Å².